The molecule has 0 bridgehead atoms. The highest BCUT2D eigenvalue weighted by molar-refractivity contribution is 6.01. The van der Waals surface area contributed by atoms with Crippen LogP contribution in [-0.4, -0.2) is 36.3 Å². The standard InChI is InChI=1S/C17H22N4O3/c18-9-16(23)19-12-2-4-13(5-3-12)20-17(24)10-1-6-14-11(7-10)8-15(22)21-14/h1,6-7,12-13H,2-5,8-9,18H2,(H,19,23)(H,20,24)(H,21,22). The first-order valence-corrected chi connectivity index (χ1v) is 8.28. The summed E-state index contributed by atoms with van der Waals surface area (Å²) in [7, 11) is 0. The number of hydrogen-bond donors (Lipinski definition) is 4. The van der Waals surface area contributed by atoms with E-state index in [9.17, 15) is 14.4 Å². The quantitative estimate of drug-likeness (QED) is 0.636. The number of rotatable bonds is 4. The molecule has 7 nitrogen and oxygen atoms in total. The number of amides is 3. The van der Waals surface area contributed by atoms with Crippen molar-refractivity contribution in [2.45, 2.75) is 44.2 Å². The van der Waals surface area contributed by atoms with Gasteiger partial charge in [0, 0.05) is 23.3 Å². The highest BCUT2D eigenvalue weighted by Gasteiger charge is 2.24. The molecule has 1 saturated carbocycles. The molecule has 1 aliphatic carbocycles. The molecular formula is C17H22N4O3. The fraction of sp³-hybridized carbons (Fsp3) is 0.471. The third kappa shape index (κ3) is 3.73. The van der Waals surface area contributed by atoms with Crippen molar-refractivity contribution in [1.29, 1.82) is 0 Å². The second-order valence-electron chi connectivity index (χ2n) is 6.39. The van der Waals surface area contributed by atoms with Crippen molar-refractivity contribution in [3.8, 4) is 0 Å². The number of hydrogen-bond acceptors (Lipinski definition) is 4. The minimum absolute atomic E-state index is 0.00630. The van der Waals surface area contributed by atoms with Gasteiger partial charge in [-0.3, -0.25) is 14.4 Å². The third-order valence-corrected chi connectivity index (χ3v) is 4.61. The summed E-state index contributed by atoms with van der Waals surface area (Å²) >= 11 is 0. The van der Waals surface area contributed by atoms with Crippen LogP contribution in [0.2, 0.25) is 0 Å². The smallest absolute Gasteiger partial charge is 0.251 e. The first kappa shape index (κ1) is 16.4. The number of anilines is 1. The van der Waals surface area contributed by atoms with E-state index in [4.69, 9.17) is 5.73 Å². The molecule has 1 heterocycles. The van der Waals surface area contributed by atoms with Crippen LogP contribution in [0.3, 0.4) is 0 Å². The number of benzene rings is 1. The number of carbonyl (C=O) groups excluding carboxylic acids is 3. The van der Waals surface area contributed by atoms with Crippen LogP contribution >= 0.6 is 0 Å². The summed E-state index contributed by atoms with van der Waals surface area (Å²) in [6, 6.07) is 5.53. The average molecular weight is 330 g/mol. The molecule has 3 rings (SSSR count). The molecule has 0 saturated heterocycles. The van der Waals surface area contributed by atoms with Crippen molar-refractivity contribution >= 4 is 23.4 Å². The van der Waals surface area contributed by atoms with Crippen molar-refractivity contribution in [3.05, 3.63) is 29.3 Å². The predicted molar refractivity (Wildman–Crippen MR) is 89.5 cm³/mol. The van der Waals surface area contributed by atoms with Crippen molar-refractivity contribution in [2.24, 2.45) is 5.73 Å². The van der Waals surface area contributed by atoms with Gasteiger partial charge in [-0.25, -0.2) is 0 Å². The van der Waals surface area contributed by atoms with E-state index in [1.165, 1.54) is 0 Å². The van der Waals surface area contributed by atoms with Crippen LogP contribution in [-0.2, 0) is 16.0 Å². The molecule has 1 fully saturated rings. The lowest BCUT2D eigenvalue weighted by molar-refractivity contribution is -0.120. The van der Waals surface area contributed by atoms with Gasteiger partial charge in [0.05, 0.1) is 13.0 Å². The molecule has 5 N–H and O–H groups in total. The van der Waals surface area contributed by atoms with Gasteiger partial charge in [0.25, 0.3) is 5.91 Å². The Labute approximate surface area is 140 Å². The van der Waals surface area contributed by atoms with Gasteiger partial charge in [-0.1, -0.05) is 0 Å². The molecule has 128 valence electrons. The van der Waals surface area contributed by atoms with E-state index in [-0.39, 0.29) is 36.3 Å². The van der Waals surface area contributed by atoms with E-state index in [0.29, 0.717) is 12.0 Å². The second-order valence-corrected chi connectivity index (χ2v) is 6.39. The number of nitrogens with two attached hydrogens (primary N) is 1. The molecule has 7 heteroatoms. The van der Waals surface area contributed by atoms with Crippen molar-refractivity contribution in [1.82, 2.24) is 10.6 Å². The number of fused-ring (bicyclic) bond motifs is 1. The summed E-state index contributed by atoms with van der Waals surface area (Å²) < 4.78 is 0. The molecule has 1 aliphatic heterocycles. The zero-order chi connectivity index (χ0) is 17.1. The summed E-state index contributed by atoms with van der Waals surface area (Å²) in [5.41, 5.74) is 7.52. The lowest BCUT2D eigenvalue weighted by Gasteiger charge is -2.29. The van der Waals surface area contributed by atoms with Gasteiger partial charge in [0.15, 0.2) is 0 Å². The average Bonchev–Trinajstić information content (AvgIpc) is 2.95. The Bertz CT molecular complexity index is 666. The lowest BCUT2D eigenvalue weighted by Crippen LogP contribution is -2.45. The Morgan fingerprint density at radius 2 is 1.79 bits per heavy atom. The van der Waals surface area contributed by atoms with Crippen molar-refractivity contribution in [2.75, 3.05) is 11.9 Å². The van der Waals surface area contributed by atoms with E-state index < -0.39 is 0 Å². The summed E-state index contributed by atoms with van der Waals surface area (Å²) in [6.07, 6.45) is 3.64. The minimum Gasteiger partial charge on any atom is -0.352 e. The van der Waals surface area contributed by atoms with Crippen LogP contribution in [0.15, 0.2) is 18.2 Å². The monoisotopic (exact) mass is 330 g/mol. The molecule has 0 radical (unpaired) electrons. The normalized spacial score (nSPS) is 22.5. The maximum Gasteiger partial charge on any atom is 0.251 e. The van der Waals surface area contributed by atoms with E-state index in [0.717, 1.165) is 36.9 Å². The molecule has 0 unspecified atom stereocenters. The summed E-state index contributed by atoms with van der Waals surface area (Å²) in [5.74, 6) is -0.296. The minimum atomic E-state index is -0.135. The second kappa shape index (κ2) is 7.00. The Hall–Kier alpha value is -2.41. The molecule has 1 aromatic rings. The van der Waals surface area contributed by atoms with Crippen LogP contribution in [0.25, 0.3) is 0 Å². The van der Waals surface area contributed by atoms with Gasteiger partial charge in [-0.05, 0) is 49.4 Å². The predicted octanol–water partition coefficient (Wildman–Crippen LogP) is 0.297. The van der Waals surface area contributed by atoms with Crippen LogP contribution in [0.4, 0.5) is 5.69 Å². The summed E-state index contributed by atoms with van der Waals surface area (Å²) in [6.45, 7) is 0.00630. The van der Waals surface area contributed by atoms with Gasteiger partial charge in [0.2, 0.25) is 11.8 Å². The van der Waals surface area contributed by atoms with Crippen LogP contribution in [0, 0.1) is 0 Å². The van der Waals surface area contributed by atoms with Gasteiger partial charge in [-0.15, -0.1) is 0 Å². The van der Waals surface area contributed by atoms with E-state index in [1.807, 2.05) is 0 Å². The van der Waals surface area contributed by atoms with Crippen LogP contribution in [0.1, 0.15) is 41.6 Å². The van der Waals surface area contributed by atoms with E-state index in [2.05, 4.69) is 16.0 Å². The molecule has 24 heavy (non-hydrogen) atoms. The number of carbonyl (C=O) groups is 3. The largest absolute Gasteiger partial charge is 0.352 e. The summed E-state index contributed by atoms with van der Waals surface area (Å²) in [4.78, 5) is 35.1. The molecule has 2 aliphatic rings. The SMILES string of the molecule is NCC(=O)NC1CCC(NC(=O)c2ccc3c(c2)CC(=O)N3)CC1. The van der Waals surface area contributed by atoms with E-state index in [1.54, 1.807) is 18.2 Å². The number of nitrogens with one attached hydrogen (secondary N) is 3. The van der Waals surface area contributed by atoms with Crippen molar-refractivity contribution in [3.63, 3.8) is 0 Å². The highest BCUT2D eigenvalue weighted by Crippen LogP contribution is 2.24. The van der Waals surface area contributed by atoms with Gasteiger partial charge < -0.3 is 21.7 Å². The summed E-state index contributed by atoms with van der Waals surface area (Å²) in [5, 5.41) is 8.69. The lowest BCUT2D eigenvalue weighted by atomic mass is 9.91. The molecular weight excluding hydrogens is 308 g/mol. The fourth-order valence-electron chi connectivity index (χ4n) is 3.31. The van der Waals surface area contributed by atoms with Gasteiger partial charge >= 0.3 is 0 Å². The maximum absolute atomic E-state index is 12.4. The fourth-order valence-corrected chi connectivity index (χ4v) is 3.31. The first-order valence-electron chi connectivity index (χ1n) is 8.28. The topological polar surface area (TPSA) is 113 Å². The highest BCUT2D eigenvalue weighted by atomic mass is 16.2. The Kier molecular flexibility index (Phi) is 4.80. The molecule has 0 aromatic heterocycles. The molecule has 1 aromatic carbocycles. The van der Waals surface area contributed by atoms with Crippen LogP contribution < -0.4 is 21.7 Å². The zero-order valence-electron chi connectivity index (χ0n) is 13.4. The van der Waals surface area contributed by atoms with Gasteiger partial charge in [-0.2, -0.15) is 0 Å². The zero-order valence-corrected chi connectivity index (χ0v) is 13.4. The molecule has 0 spiro atoms. The van der Waals surface area contributed by atoms with Crippen molar-refractivity contribution < 1.29 is 14.4 Å². The Morgan fingerprint density at radius 1 is 1.12 bits per heavy atom. The Morgan fingerprint density at radius 3 is 2.46 bits per heavy atom. The first-order chi connectivity index (χ1) is 11.5. The Balaban J connectivity index is 1.52. The van der Waals surface area contributed by atoms with Crippen LogP contribution in [0.5, 0.6) is 0 Å². The maximum atomic E-state index is 12.4. The molecule has 0 atom stereocenters. The third-order valence-electron chi connectivity index (χ3n) is 4.61. The van der Waals surface area contributed by atoms with Gasteiger partial charge in [0.1, 0.15) is 0 Å². The van der Waals surface area contributed by atoms with E-state index >= 15 is 0 Å². The molecule has 3 amide bonds.